The maximum atomic E-state index is 12.1. The number of hydrogen-bond donors (Lipinski definition) is 1. The standard InChI is InChI=1S/C16H22N4O4/c1-5-23-14(21)12-11(17)8-18-13(19-12)10-6-7-20(9-10)15(22)24-16(2,3)4/h6,8H,5,7,9,17H2,1-4H3. The minimum Gasteiger partial charge on any atom is -0.461 e. The summed E-state index contributed by atoms with van der Waals surface area (Å²) < 4.78 is 10.3. The lowest BCUT2D eigenvalue weighted by Crippen LogP contribution is -2.35. The Labute approximate surface area is 140 Å². The van der Waals surface area contributed by atoms with Gasteiger partial charge in [-0.25, -0.2) is 19.6 Å². The van der Waals surface area contributed by atoms with Gasteiger partial charge in [-0.3, -0.25) is 0 Å². The first kappa shape index (κ1) is 17.7. The van der Waals surface area contributed by atoms with Gasteiger partial charge >= 0.3 is 12.1 Å². The molecule has 24 heavy (non-hydrogen) atoms. The molecular formula is C16H22N4O4. The first-order chi connectivity index (χ1) is 11.2. The lowest BCUT2D eigenvalue weighted by molar-refractivity contribution is 0.0305. The van der Waals surface area contributed by atoms with Crippen molar-refractivity contribution in [3.8, 4) is 0 Å². The summed E-state index contributed by atoms with van der Waals surface area (Å²) in [5.41, 5.74) is 6.08. The topological polar surface area (TPSA) is 108 Å². The quantitative estimate of drug-likeness (QED) is 0.841. The molecule has 1 aliphatic rings. The van der Waals surface area contributed by atoms with Crippen molar-refractivity contribution in [1.82, 2.24) is 14.9 Å². The molecule has 2 N–H and O–H groups in total. The first-order valence-corrected chi connectivity index (χ1v) is 7.68. The van der Waals surface area contributed by atoms with Crippen molar-refractivity contribution in [3.05, 3.63) is 23.8 Å². The predicted molar refractivity (Wildman–Crippen MR) is 88.2 cm³/mol. The molecule has 8 nitrogen and oxygen atoms in total. The van der Waals surface area contributed by atoms with E-state index in [1.807, 2.05) is 26.8 Å². The fraction of sp³-hybridized carbons (Fsp3) is 0.500. The lowest BCUT2D eigenvalue weighted by Gasteiger charge is -2.24. The summed E-state index contributed by atoms with van der Waals surface area (Å²) in [6.45, 7) is 8.06. The third-order valence-corrected chi connectivity index (χ3v) is 3.14. The van der Waals surface area contributed by atoms with Gasteiger partial charge in [0.25, 0.3) is 0 Å². The van der Waals surface area contributed by atoms with Crippen LogP contribution < -0.4 is 5.73 Å². The zero-order valence-corrected chi connectivity index (χ0v) is 14.3. The first-order valence-electron chi connectivity index (χ1n) is 7.68. The second-order valence-electron chi connectivity index (χ2n) is 6.31. The van der Waals surface area contributed by atoms with Crippen molar-refractivity contribution >= 4 is 23.3 Å². The van der Waals surface area contributed by atoms with Gasteiger partial charge in [-0.2, -0.15) is 0 Å². The zero-order valence-electron chi connectivity index (χ0n) is 14.3. The third-order valence-electron chi connectivity index (χ3n) is 3.14. The van der Waals surface area contributed by atoms with Crippen LogP contribution >= 0.6 is 0 Å². The van der Waals surface area contributed by atoms with Crippen molar-refractivity contribution in [2.45, 2.75) is 33.3 Å². The van der Waals surface area contributed by atoms with Crippen LogP contribution in [0.15, 0.2) is 12.3 Å². The molecule has 2 heterocycles. The number of carbonyl (C=O) groups excluding carboxylic acids is 2. The highest BCUT2D eigenvalue weighted by molar-refractivity contribution is 5.93. The van der Waals surface area contributed by atoms with Gasteiger partial charge in [0.2, 0.25) is 0 Å². The molecule has 1 aliphatic heterocycles. The fourth-order valence-corrected chi connectivity index (χ4v) is 2.09. The number of nitrogens with two attached hydrogens (primary N) is 1. The average molecular weight is 334 g/mol. The summed E-state index contributed by atoms with van der Waals surface area (Å²) in [6, 6.07) is 0. The molecule has 0 unspecified atom stereocenters. The Morgan fingerprint density at radius 2 is 2.08 bits per heavy atom. The highest BCUT2D eigenvalue weighted by Crippen LogP contribution is 2.22. The molecule has 0 saturated heterocycles. The Hall–Kier alpha value is -2.64. The second-order valence-corrected chi connectivity index (χ2v) is 6.31. The number of rotatable bonds is 3. The molecule has 0 spiro atoms. The van der Waals surface area contributed by atoms with Gasteiger partial charge in [0.15, 0.2) is 11.5 Å². The Bertz CT molecular complexity index is 679. The number of carbonyl (C=O) groups is 2. The summed E-state index contributed by atoms with van der Waals surface area (Å²) in [5.74, 6) is -0.250. The maximum Gasteiger partial charge on any atom is 0.410 e. The number of hydrogen-bond acceptors (Lipinski definition) is 7. The van der Waals surface area contributed by atoms with Crippen molar-refractivity contribution in [2.75, 3.05) is 25.4 Å². The summed E-state index contributed by atoms with van der Waals surface area (Å²) in [7, 11) is 0. The second kappa shape index (κ2) is 6.86. The van der Waals surface area contributed by atoms with E-state index in [9.17, 15) is 9.59 Å². The van der Waals surface area contributed by atoms with E-state index in [-0.39, 0.29) is 18.0 Å². The number of amides is 1. The van der Waals surface area contributed by atoms with Gasteiger partial charge in [0.05, 0.1) is 25.0 Å². The normalized spacial score (nSPS) is 14.3. The molecule has 1 amide bonds. The summed E-state index contributed by atoms with van der Waals surface area (Å²) in [4.78, 5) is 33.8. The van der Waals surface area contributed by atoms with E-state index in [1.54, 1.807) is 6.92 Å². The van der Waals surface area contributed by atoms with Crippen molar-refractivity contribution < 1.29 is 19.1 Å². The molecule has 130 valence electrons. The average Bonchev–Trinajstić information content (AvgIpc) is 2.96. The molecule has 8 heteroatoms. The van der Waals surface area contributed by atoms with E-state index in [1.165, 1.54) is 11.1 Å². The molecule has 0 aliphatic carbocycles. The number of ether oxygens (including phenoxy) is 2. The monoisotopic (exact) mass is 334 g/mol. The Morgan fingerprint density at radius 1 is 1.38 bits per heavy atom. The van der Waals surface area contributed by atoms with Crippen molar-refractivity contribution in [2.24, 2.45) is 0 Å². The number of nitrogen functional groups attached to an aromatic ring is 1. The van der Waals surface area contributed by atoms with Crippen LogP contribution in [-0.4, -0.2) is 52.2 Å². The van der Waals surface area contributed by atoms with E-state index in [4.69, 9.17) is 15.2 Å². The maximum absolute atomic E-state index is 12.1. The van der Waals surface area contributed by atoms with Gasteiger partial charge in [0.1, 0.15) is 5.60 Å². The zero-order chi connectivity index (χ0) is 17.9. The molecule has 1 aromatic rings. The van der Waals surface area contributed by atoms with E-state index < -0.39 is 17.7 Å². The van der Waals surface area contributed by atoms with Crippen LogP contribution in [0.3, 0.4) is 0 Å². The van der Waals surface area contributed by atoms with Crippen LogP contribution in [0.5, 0.6) is 0 Å². The van der Waals surface area contributed by atoms with E-state index in [0.717, 1.165) is 5.57 Å². The fourth-order valence-electron chi connectivity index (χ4n) is 2.09. The highest BCUT2D eigenvalue weighted by atomic mass is 16.6. The van der Waals surface area contributed by atoms with Crippen LogP contribution in [0, 0.1) is 0 Å². The molecule has 0 aromatic carbocycles. The smallest absolute Gasteiger partial charge is 0.410 e. The Morgan fingerprint density at radius 3 is 2.71 bits per heavy atom. The molecule has 1 aromatic heterocycles. The van der Waals surface area contributed by atoms with E-state index in [0.29, 0.717) is 18.9 Å². The van der Waals surface area contributed by atoms with Gasteiger partial charge in [0, 0.05) is 12.1 Å². The molecule has 0 saturated carbocycles. The minimum atomic E-state index is -0.596. The Balaban J connectivity index is 2.12. The van der Waals surface area contributed by atoms with Crippen molar-refractivity contribution in [1.29, 1.82) is 0 Å². The highest BCUT2D eigenvalue weighted by Gasteiger charge is 2.27. The van der Waals surface area contributed by atoms with Gasteiger partial charge in [-0.05, 0) is 27.7 Å². The number of esters is 1. The molecular weight excluding hydrogens is 312 g/mol. The van der Waals surface area contributed by atoms with Crippen LogP contribution in [0.25, 0.3) is 5.57 Å². The van der Waals surface area contributed by atoms with Crippen molar-refractivity contribution in [3.63, 3.8) is 0 Å². The number of aromatic nitrogens is 2. The molecule has 0 fully saturated rings. The molecule has 0 bridgehead atoms. The molecule has 0 radical (unpaired) electrons. The Kier molecular flexibility index (Phi) is 5.06. The van der Waals surface area contributed by atoms with Gasteiger partial charge < -0.3 is 20.1 Å². The minimum absolute atomic E-state index is 0.0264. The van der Waals surface area contributed by atoms with Crippen LogP contribution in [0.1, 0.15) is 44.0 Å². The van der Waals surface area contributed by atoms with Crippen LogP contribution in [-0.2, 0) is 9.47 Å². The van der Waals surface area contributed by atoms with E-state index in [2.05, 4.69) is 9.97 Å². The predicted octanol–water partition coefficient (Wildman–Crippen LogP) is 1.87. The SMILES string of the molecule is CCOC(=O)c1nc(C2=CCN(C(=O)OC(C)(C)C)C2)ncc1N. The number of nitrogens with zero attached hydrogens (tertiary/aromatic N) is 3. The third kappa shape index (κ3) is 4.21. The molecule has 2 rings (SSSR count). The van der Waals surface area contributed by atoms with Gasteiger partial charge in [-0.1, -0.05) is 6.08 Å². The van der Waals surface area contributed by atoms with E-state index >= 15 is 0 Å². The summed E-state index contributed by atoms with van der Waals surface area (Å²) >= 11 is 0. The largest absolute Gasteiger partial charge is 0.461 e. The number of anilines is 1. The molecule has 0 atom stereocenters. The lowest BCUT2D eigenvalue weighted by atomic mass is 10.2. The van der Waals surface area contributed by atoms with Gasteiger partial charge in [-0.15, -0.1) is 0 Å². The van der Waals surface area contributed by atoms with Crippen LogP contribution in [0.4, 0.5) is 10.5 Å². The summed E-state index contributed by atoms with van der Waals surface area (Å²) in [5, 5.41) is 0. The summed E-state index contributed by atoms with van der Waals surface area (Å²) in [6.07, 6.45) is 2.78. The van der Waals surface area contributed by atoms with Crippen LogP contribution in [0.2, 0.25) is 0 Å².